The van der Waals surface area contributed by atoms with Crippen molar-refractivity contribution >= 4 is 44.7 Å². The number of nitrogens with one attached hydrogen (secondary N) is 2. The summed E-state index contributed by atoms with van der Waals surface area (Å²) in [7, 11) is 0. The van der Waals surface area contributed by atoms with Gasteiger partial charge in [0, 0.05) is 16.8 Å². The molecule has 0 fully saturated rings. The van der Waals surface area contributed by atoms with Gasteiger partial charge in [-0.3, -0.25) is 14.9 Å². The molecule has 6 nitrogen and oxygen atoms in total. The summed E-state index contributed by atoms with van der Waals surface area (Å²) in [5, 5.41) is 17.2. The predicted molar refractivity (Wildman–Crippen MR) is 136 cm³/mol. The van der Waals surface area contributed by atoms with E-state index in [9.17, 15) is 9.59 Å². The molecular weight excluding hydrogens is 444 g/mol. The first-order valence-electron chi connectivity index (χ1n) is 10.7. The van der Waals surface area contributed by atoms with E-state index in [1.165, 1.54) is 11.3 Å². The number of benzene rings is 4. The second-order valence-corrected chi connectivity index (χ2v) is 8.65. The lowest BCUT2D eigenvalue weighted by Gasteiger charge is -2.09. The molecule has 4 aromatic carbocycles. The van der Waals surface area contributed by atoms with Crippen molar-refractivity contribution in [1.29, 1.82) is 0 Å². The van der Waals surface area contributed by atoms with Crippen LogP contribution in [0.2, 0.25) is 0 Å². The topological polar surface area (TPSA) is 84.0 Å². The maximum atomic E-state index is 12.8. The van der Waals surface area contributed by atoms with Crippen molar-refractivity contribution in [3.8, 4) is 10.6 Å². The fourth-order valence-corrected chi connectivity index (χ4v) is 4.45. The van der Waals surface area contributed by atoms with Gasteiger partial charge in [0.05, 0.1) is 6.42 Å². The molecule has 166 valence electrons. The molecule has 0 spiro atoms. The van der Waals surface area contributed by atoms with E-state index in [1.807, 2.05) is 72.8 Å². The maximum Gasteiger partial charge on any atom is 0.257 e. The van der Waals surface area contributed by atoms with Crippen LogP contribution in [0.25, 0.3) is 21.3 Å². The summed E-state index contributed by atoms with van der Waals surface area (Å²) in [5.41, 5.74) is 2.87. The molecule has 5 rings (SSSR count). The summed E-state index contributed by atoms with van der Waals surface area (Å²) in [6.07, 6.45) is 0.241. The number of nitrogens with zero attached hydrogens (tertiary/aromatic N) is 2. The Bertz CT molecular complexity index is 1480. The maximum absolute atomic E-state index is 12.8. The quantitative estimate of drug-likeness (QED) is 0.333. The molecule has 1 aromatic heterocycles. The van der Waals surface area contributed by atoms with Crippen LogP contribution in [0.1, 0.15) is 15.9 Å². The zero-order valence-electron chi connectivity index (χ0n) is 18.1. The molecule has 0 aliphatic carbocycles. The number of hydrogen-bond acceptors (Lipinski definition) is 5. The van der Waals surface area contributed by atoms with Gasteiger partial charge in [0.2, 0.25) is 11.0 Å². The van der Waals surface area contributed by atoms with Crippen molar-refractivity contribution in [2.24, 2.45) is 0 Å². The normalized spacial score (nSPS) is 10.7. The lowest BCUT2D eigenvalue weighted by Crippen LogP contribution is -2.16. The largest absolute Gasteiger partial charge is 0.326 e. The molecule has 1 heterocycles. The average molecular weight is 465 g/mol. The number of anilines is 2. The van der Waals surface area contributed by atoms with Gasteiger partial charge >= 0.3 is 0 Å². The molecule has 0 aliphatic heterocycles. The van der Waals surface area contributed by atoms with Gasteiger partial charge in [-0.1, -0.05) is 90.2 Å². The molecule has 0 atom stereocenters. The van der Waals surface area contributed by atoms with E-state index < -0.39 is 0 Å². The number of fused-ring (bicyclic) bond motifs is 1. The minimum Gasteiger partial charge on any atom is -0.326 e. The fraction of sp³-hybridized carbons (Fsp3) is 0.0370. The Morgan fingerprint density at radius 1 is 0.765 bits per heavy atom. The van der Waals surface area contributed by atoms with Crippen molar-refractivity contribution < 1.29 is 9.59 Å². The number of carbonyl (C=O) groups excluding carboxylic acids is 2. The number of carbonyl (C=O) groups is 2. The van der Waals surface area contributed by atoms with Gasteiger partial charge in [0.25, 0.3) is 5.91 Å². The van der Waals surface area contributed by atoms with Crippen LogP contribution in [-0.4, -0.2) is 22.0 Å². The van der Waals surface area contributed by atoms with Crippen LogP contribution in [0.5, 0.6) is 0 Å². The minimum atomic E-state index is -0.319. The summed E-state index contributed by atoms with van der Waals surface area (Å²) < 4.78 is 0. The van der Waals surface area contributed by atoms with Gasteiger partial charge in [-0.15, -0.1) is 10.2 Å². The van der Waals surface area contributed by atoms with E-state index in [0.29, 0.717) is 16.4 Å². The van der Waals surface area contributed by atoms with E-state index >= 15 is 0 Å². The fourth-order valence-electron chi connectivity index (χ4n) is 3.70. The van der Waals surface area contributed by atoms with Crippen molar-refractivity contribution in [3.63, 3.8) is 0 Å². The van der Waals surface area contributed by atoms with E-state index in [2.05, 4.69) is 20.8 Å². The summed E-state index contributed by atoms with van der Waals surface area (Å²) in [4.78, 5) is 25.5. The highest BCUT2D eigenvalue weighted by molar-refractivity contribution is 7.18. The Labute approximate surface area is 200 Å². The molecule has 0 bridgehead atoms. The van der Waals surface area contributed by atoms with E-state index in [1.54, 1.807) is 24.3 Å². The minimum absolute atomic E-state index is 0.148. The standard InChI is InChI=1S/C27H20N4O2S/c32-24(17-20-12-6-11-18-8-4-5-15-23(18)20)28-22-14-7-13-21(16-22)25(33)29-27-31-30-26(34-27)19-9-2-1-3-10-19/h1-16H,17H2,(H,28,32)(H,29,31,33). The lowest BCUT2D eigenvalue weighted by molar-refractivity contribution is -0.115. The molecule has 7 heteroatoms. The van der Waals surface area contributed by atoms with Crippen molar-refractivity contribution in [3.05, 3.63) is 108 Å². The Morgan fingerprint density at radius 2 is 1.53 bits per heavy atom. The smallest absolute Gasteiger partial charge is 0.257 e. The summed E-state index contributed by atoms with van der Waals surface area (Å²) in [5.74, 6) is -0.466. The van der Waals surface area contributed by atoms with Crippen LogP contribution >= 0.6 is 11.3 Å². The van der Waals surface area contributed by atoms with Crippen LogP contribution in [0.4, 0.5) is 10.8 Å². The number of hydrogen-bond donors (Lipinski definition) is 2. The van der Waals surface area contributed by atoms with Crippen LogP contribution in [0.3, 0.4) is 0 Å². The van der Waals surface area contributed by atoms with Crippen molar-refractivity contribution in [1.82, 2.24) is 10.2 Å². The van der Waals surface area contributed by atoms with E-state index in [0.717, 1.165) is 26.9 Å². The summed E-state index contributed by atoms with van der Waals surface area (Å²) >= 11 is 1.30. The molecule has 0 saturated carbocycles. The molecule has 5 aromatic rings. The predicted octanol–water partition coefficient (Wildman–Crippen LogP) is 5.79. The molecule has 2 N–H and O–H groups in total. The number of aromatic nitrogens is 2. The monoisotopic (exact) mass is 464 g/mol. The molecule has 2 amide bonds. The molecule has 0 saturated heterocycles. The first-order chi connectivity index (χ1) is 16.7. The van der Waals surface area contributed by atoms with Gasteiger partial charge in [-0.25, -0.2) is 0 Å². The van der Waals surface area contributed by atoms with Crippen LogP contribution < -0.4 is 10.6 Å². The Balaban J connectivity index is 1.26. The summed E-state index contributed by atoms with van der Waals surface area (Å²) in [6.45, 7) is 0. The highest BCUT2D eigenvalue weighted by Gasteiger charge is 2.13. The molecule has 0 unspecified atom stereocenters. The SMILES string of the molecule is O=C(Cc1cccc2ccccc12)Nc1cccc(C(=O)Nc2nnc(-c3ccccc3)s2)c1. The zero-order valence-corrected chi connectivity index (χ0v) is 18.9. The summed E-state index contributed by atoms with van der Waals surface area (Å²) in [6, 6.07) is 30.4. The van der Waals surface area contributed by atoms with E-state index in [4.69, 9.17) is 0 Å². The van der Waals surface area contributed by atoms with Crippen LogP contribution in [0, 0.1) is 0 Å². The Hall–Kier alpha value is -4.36. The first kappa shape index (κ1) is 21.5. The van der Waals surface area contributed by atoms with Gasteiger partial charge in [0.1, 0.15) is 5.01 Å². The van der Waals surface area contributed by atoms with Gasteiger partial charge in [-0.2, -0.15) is 0 Å². The highest BCUT2D eigenvalue weighted by Crippen LogP contribution is 2.26. The second-order valence-electron chi connectivity index (χ2n) is 7.68. The van der Waals surface area contributed by atoms with Crippen LogP contribution in [0.15, 0.2) is 97.1 Å². The molecule has 0 aliphatic rings. The lowest BCUT2D eigenvalue weighted by atomic mass is 10.0. The third kappa shape index (κ3) is 4.84. The molecule has 0 radical (unpaired) electrons. The van der Waals surface area contributed by atoms with Gasteiger partial charge in [-0.05, 0) is 34.5 Å². The second kappa shape index (κ2) is 9.64. The first-order valence-corrected chi connectivity index (χ1v) is 11.5. The molecular formula is C27H20N4O2S. The molecule has 34 heavy (non-hydrogen) atoms. The Morgan fingerprint density at radius 3 is 2.41 bits per heavy atom. The van der Waals surface area contributed by atoms with Gasteiger partial charge in [0.15, 0.2) is 0 Å². The average Bonchev–Trinajstić information content (AvgIpc) is 3.33. The number of amides is 2. The number of rotatable bonds is 6. The van der Waals surface area contributed by atoms with Crippen LogP contribution in [-0.2, 0) is 11.2 Å². The van der Waals surface area contributed by atoms with Crippen molar-refractivity contribution in [2.75, 3.05) is 10.6 Å². The highest BCUT2D eigenvalue weighted by atomic mass is 32.1. The van der Waals surface area contributed by atoms with Crippen molar-refractivity contribution in [2.45, 2.75) is 6.42 Å². The Kier molecular flexibility index (Phi) is 6.09. The van der Waals surface area contributed by atoms with E-state index in [-0.39, 0.29) is 18.2 Å². The third-order valence-electron chi connectivity index (χ3n) is 5.31. The zero-order chi connectivity index (χ0) is 23.3. The third-order valence-corrected chi connectivity index (χ3v) is 6.19. The van der Waals surface area contributed by atoms with Gasteiger partial charge < -0.3 is 5.32 Å².